The van der Waals surface area contributed by atoms with Crippen LogP contribution in [0, 0.1) is 0 Å². The van der Waals surface area contributed by atoms with E-state index in [1.54, 1.807) is 11.1 Å². The van der Waals surface area contributed by atoms with E-state index in [2.05, 4.69) is 10.00 Å². The van der Waals surface area contributed by atoms with Crippen LogP contribution in [0.4, 0.5) is 4.39 Å². The monoisotopic (exact) mass is 339 g/mol. The van der Waals surface area contributed by atoms with Gasteiger partial charge in [-0.2, -0.15) is 5.10 Å². The maximum Gasteiger partial charge on any atom is 0.236 e. The highest BCUT2D eigenvalue weighted by molar-refractivity contribution is 5.78. The number of carbonyl (C=O) groups excluding carboxylic acids is 1. The minimum atomic E-state index is -0.800. The Hall–Kier alpha value is -1.47. The molecule has 2 rings (SSSR count). The van der Waals surface area contributed by atoms with Crippen molar-refractivity contribution in [1.82, 2.24) is 24.5 Å². The number of aromatic nitrogens is 2. The van der Waals surface area contributed by atoms with Gasteiger partial charge in [0.25, 0.3) is 0 Å². The van der Waals surface area contributed by atoms with Crippen LogP contribution in [0.3, 0.4) is 0 Å². The van der Waals surface area contributed by atoms with E-state index in [1.807, 2.05) is 50.6 Å². The van der Waals surface area contributed by atoms with Crippen LogP contribution in [0.15, 0.2) is 12.3 Å². The van der Waals surface area contributed by atoms with Crippen molar-refractivity contribution < 1.29 is 9.18 Å². The van der Waals surface area contributed by atoms with Crippen molar-refractivity contribution in [3.63, 3.8) is 0 Å². The summed E-state index contributed by atoms with van der Waals surface area (Å²) in [4.78, 5) is 18.1. The Labute approximate surface area is 144 Å². The van der Waals surface area contributed by atoms with Crippen molar-refractivity contribution in [2.24, 2.45) is 7.05 Å². The minimum Gasteiger partial charge on any atom is -0.342 e. The molecule has 1 fully saturated rings. The fourth-order valence-corrected chi connectivity index (χ4v) is 3.13. The molecule has 0 N–H and O–H groups in total. The zero-order valence-electron chi connectivity index (χ0n) is 15.4. The zero-order valence-corrected chi connectivity index (χ0v) is 15.4. The Kier molecular flexibility index (Phi) is 6.34. The lowest BCUT2D eigenvalue weighted by molar-refractivity contribution is -0.132. The Bertz CT molecular complexity index is 547. The number of aryl methyl sites for hydroxylation is 1. The van der Waals surface area contributed by atoms with Gasteiger partial charge in [-0.15, -0.1) is 0 Å². The third kappa shape index (κ3) is 4.77. The van der Waals surface area contributed by atoms with E-state index in [9.17, 15) is 9.18 Å². The molecule has 0 radical (unpaired) electrons. The Morgan fingerprint density at radius 2 is 2.17 bits per heavy atom. The molecule has 2 atom stereocenters. The maximum absolute atomic E-state index is 13.9. The minimum absolute atomic E-state index is 0.0977. The molecule has 0 bridgehead atoms. The predicted molar refractivity (Wildman–Crippen MR) is 92.3 cm³/mol. The van der Waals surface area contributed by atoms with E-state index < -0.39 is 6.17 Å². The lowest BCUT2D eigenvalue weighted by Gasteiger charge is -2.29. The van der Waals surface area contributed by atoms with Crippen LogP contribution in [-0.2, 0) is 18.4 Å². The van der Waals surface area contributed by atoms with Gasteiger partial charge in [-0.25, -0.2) is 4.39 Å². The van der Waals surface area contributed by atoms with E-state index >= 15 is 0 Å². The Morgan fingerprint density at radius 3 is 2.75 bits per heavy atom. The van der Waals surface area contributed by atoms with Crippen LogP contribution in [0.5, 0.6) is 0 Å². The van der Waals surface area contributed by atoms with Gasteiger partial charge in [0.2, 0.25) is 5.91 Å². The number of amides is 1. The first kappa shape index (κ1) is 18.9. The van der Waals surface area contributed by atoms with Gasteiger partial charge in [0.1, 0.15) is 6.17 Å². The summed E-state index contributed by atoms with van der Waals surface area (Å²) in [6, 6.07) is 2.28. The van der Waals surface area contributed by atoms with Crippen molar-refractivity contribution >= 4 is 5.91 Å². The maximum atomic E-state index is 13.9. The summed E-state index contributed by atoms with van der Waals surface area (Å²) >= 11 is 0. The third-order valence-electron chi connectivity index (χ3n) is 4.86. The number of hydrogen-bond donors (Lipinski definition) is 0. The molecule has 0 spiro atoms. The van der Waals surface area contributed by atoms with Gasteiger partial charge >= 0.3 is 0 Å². The fraction of sp³-hybridized carbons (Fsp3) is 0.765. The molecular weight excluding hydrogens is 309 g/mol. The summed E-state index contributed by atoms with van der Waals surface area (Å²) in [5.74, 6) is 0.0977. The molecule has 0 saturated carbocycles. The lowest BCUT2D eigenvalue weighted by Crippen LogP contribution is -2.44. The van der Waals surface area contributed by atoms with E-state index in [0.717, 1.165) is 5.69 Å². The summed E-state index contributed by atoms with van der Waals surface area (Å²) in [5, 5.41) is 4.17. The molecule has 136 valence electrons. The van der Waals surface area contributed by atoms with Gasteiger partial charge in [-0.05, 0) is 33.4 Å². The molecule has 1 aromatic rings. The predicted octanol–water partition coefficient (Wildman–Crippen LogP) is 1.13. The molecule has 1 aromatic heterocycles. The standard InChI is InChI=1S/C17H30FN5O/c1-13(2)21(4)17(24)12-20(3)10-16-8-14(18)9-23(16)11-15-6-7-19-22(15)5/h6-7,13-14,16H,8-12H2,1-5H3/t14-,16-/m0/s1. The van der Waals surface area contributed by atoms with Gasteiger partial charge in [0.05, 0.1) is 12.2 Å². The van der Waals surface area contributed by atoms with Crippen LogP contribution in [0.1, 0.15) is 26.0 Å². The SMILES string of the molecule is CC(C)N(C)C(=O)CN(C)C[C@@H]1C[C@H](F)CN1Cc1ccnn1C. The van der Waals surface area contributed by atoms with Gasteiger partial charge in [0, 0.05) is 52.0 Å². The summed E-state index contributed by atoms with van der Waals surface area (Å²) in [6.07, 6.45) is 1.49. The first-order valence-electron chi connectivity index (χ1n) is 8.57. The average molecular weight is 339 g/mol. The Morgan fingerprint density at radius 1 is 1.46 bits per heavy atom. The third-order valence-corrected chi connectivity index (χ3v) is 4.86. The molecule has 6 nitrogen and oxygen atoms in total. The molecule has 1 saturated heterocycles. The second-order valence-corrected chi connectivity index (χ2v) is 7.16. The van der Waals surface area contributed by atoms with Crippen molar-refractivity contribution in [3.05, 3.63) is 18.0 Å². The molecule has 0 unspecified atom stereocenters. The number of hydrogen-bond acceptors (Lipinski definition) is 4. The van der Waals surface area contributed by atoms with Crippen LogP contribution in [0.2, 0.25) is 0 Å². The van der Waals surface area contributed by atoms with Crippen molar-refractivity contribution in [2.45, 2.75) is 45.1 Å². The highest BCUT2D eigenvalue weighted by Crippen LogP contribution is 2.23. The first-order chi connectivity index (χ1) is 11.3. The highest BCUT2D eigenvalue weighted by Gasteiger charge is 2.33. The average Bonchev–Trinajstić information content (AvgIpc) is 3.04. The van der Waals surface area contributed by atoms with Gasteiger partial charge in [-0.1, -0.05) is 0 Å². The number of likely N-dealkylation sites (N-methyl/N-ethyl adjacent to an activating group) is 2. The Balaban J connectivity index is 1.91. The molecular formula is C17H30FN5O. The number of rotatable bonds is 7. The largest absolute Gasteiger partial charge is 0.342 e. The van der Waals surface area contributed by atoms with Gasteiger partial charge in [-0.3, -0.25) is 19.3 Å². The van der Waals surface area contributed by atoms with Crippen molar-refractivity contribution in [2.75, 3.05) is 33.7 Å². The summed E-state index contributed by atoms with van der Waals surface area (Å²) in [7, 11) is 5.66. The van der Waals surface area contributed by atoms with Crippen LogP contribution in [-0.4, -0.2) is 82.4 Å². The van der Waals surface area contributed by atoms with Gasteiger partial charge < -0.3 is 4.90 Å². The summed E-state index contributed by atoms with van der Waals surface area (Å²) in [5.41, 5.74) is 1.08. The highest BCUT2D eigenvalue weighted by atomic mass is 19.1. The molecule has 7 heteroatoms. The molecule has 0 aliphatic carbocycles. The van der Waals surface area contributed by atoms with E-state index in [0.29, 0.717) is 32.6 Å². The quantitative estimate of drug-likeness (QED) is 0.747. The lowest BCUT2D eigenvalue weighted by atomic mass is 10.2. The normalized spacial score (nSPS) is 21.8. The fourth-order valence-electron chi connectivity index (χ4n) is 3.13. The second kappa shape index (κ2) is 8.07. The van der Waals surface area contributed by atoms with Gasteiger partial charge in [0.15, 0.2) is 0 Å². The van der Waals surface area contributed by atoms with Crippen molar-refractivity contribution in [1.29, 1.82) is 0 Å². The van der Waals surface area contributed by atoms with Crippen LogP contribution >= 0.6 is 0 Å². The second-order valence-electron chi connectivity index (χ2n) is 7.16. The first-order valence-corrected chi connectivity index (χ1v) is 8.57. The van der Waals surface area contributed by atoms with E-state index in [1.165, 1.54) is 0 Å². The molecule has 0 aromatic carbocycles. The number of alkyl halides is 1. The van der Waals surface area contributed by atoms with Crippen LogP contribution < -0.4 is 0 Å². The number of likely N-dealkylation sites (tertiary alicyclic amines) is 1. The van der Waals surface area contributed by atoms with E-state index in [4.69, 9.17) is 0 Å². The summed E-state index contributed by atoms with van der Waals surface area (Å²) in [6.45, 7) is 6.19. The van der Waals surface area contributed by atoms with E-state index in [-0.39, 0.29) is 18.0 Å². The van der Waals surface area contributed by atoms with Crippen molar-refractivity contribution in [3.8, 4) is 0 Å². The summed E-state index contributed by atoms with van der Waals surface area (Å²) < 4.78 is 15.8. The number of nitrogens with zero attached hydrogens (tertiary/aromatic N) is 5. The number of carbonyl (C=O) groups is 1. The zero-order chi connectivity index (χ0) is 17.9. The number of halogens is 1. The molecule has 1 aliphatic rings. The molecule has 1 amide bonds. The molecule has 1 aliphatic heterocycles. The van der Waals surface area contributed by atoms with Crippen LogP contribution in [0.25, 0.3) is 0 Å². The smallest absolute Gasteiger partial charge is 0.236 e. The topological polar surface area (TPSA) is 44.6 Å². The molecule has 24 heavy (non-hydrogen) atoms. The molecule has 2 heterocycles.